The summed E-state index contributed by atoms with van der Waals surface area (Å²) in [5, 5.41) is 14.7. The molecule has 1 aliphatic heterocycles. The van der Waals surface area contributed by atoms with Gasteiger partial charge in [-0.1, -0.05) is 46.3 Å². The van der Waals surface area contributed by atoms with Gasteiger partial charge in [-0.2, -0.15) is 0 Å². The van der Waals surface area contributed by atoms with E-state index in [1.54, 1.807) is 30.3 Å². The summed E-state index contributed by atoms with van der Waals surface area (Å²) in [6, 6.07) is 16.2. The monoisotopic (exact) mass is 641 g/mol. The lowest BCUT2D eigenvalue weighted by Crippen LogP contribution is -2.45. The molecule has 3 heterocycles. The molecular weight excluding hydrogens is 619 g/mol. The highest BCUT2D eigenvalue weighted by molar-refractivity contribution is 7.22. The molecule has 2 aliphatic rings. The predicted molar refractivity (Wildman–Crippen MR) is 158 cm³/mol. The number of para-hydroxylation sites is 1. The molecule has 0 atom stereocenters. The van der Waals surface area contributed by atoms with Crippen LogP contribution in [-0.4, -0.2) is 40.7 Å². The number of rotatable bonds is 9. The summed E-state index contributed by atoms with van der Waals surface area (Å²) in [5.41, 5.74) is 2.94. The van der Waals surface area contributed by atoms with Crippen LogP contribution in [0, 0.1) is 0 Å². The molecule has 5 aromatic rings. The van der Waals surface area contributed by atoms with E-state index in [2.05, 4.69) is 19.8 Å². The lowest BCUT2D eigenvalue weighted by Gasteiger charge is -2.39. The molecule has 8 nitrogen and oxygen atoms in total. The van der Waals surface area contributed by atoms with Gasteiger partial charge in [0, 0.05) is 35.5 Å². The zero-order valence-corrected chi connectivity index (χ0v) is 24.4. The number of carboxylic acid groups (broad SMARTS) is 1. The third-order valence-electron chi connectivity index (χ3n) is 7.71. The molecule has 1 N–H and O–H groups in total. The van der Waals surface area contributed by atoms with Crippen molar-refractivity contribution in [3.63, 3.8) is 0 Å². The quantitative estimate of drug-likeness (QED) is 0.172. The van der Waals surface area contributed by atoms with Crippen molar-refractivity contribution in [2.75, 3.05) is 18.0 Å². The number of hydrogen-bond donors (Lipinski definition) is 1. The summed E-state index contributed by atoms with van der Waals surface area (Å²) in [6.45, 7) is 1.44. The number of hydrogen-bond acceptors (Lipinski definition) is 8. The first kappa shape index (κ1) is 28.5. The number of carboxylic acids is 1. The Morgan fingerprint density at radius 1 is 1.09 bits per heavy atom. The zero-order valence-electron chi connectivity index (χ0n) is 22.8. The van der Waals surface area contributed by atoms with E-state index in [1.807, 2.05) is 12.1 Å². The van der Waals surface area contributed by atoms with E-state index >= 15 is 0 Å². The van der Waals surface area contributed by atoms with Crippen LogP contribution in [0.1, 0.15) is 51.9 Å². The number of fused-ring (bicyclic) bond motifs is 1. The van der Waals surface area contributed by atoms with Crippen molar-refractivity contribution in [3.05, 3.63) is 88.1 Å². The van der Waals surface area contributed by atoms with E-state index in [0.29, 0.717) is 35.2 Å². The molecule has 1 saturated heterocycles. The highest BCUT2D eigenvalue weighted by Crippen LogP contribution is 2.46. The van der Waals surface area contributed by atoms with Crippen LogP contribution < -0.4 is 14.4 Å². The van der Waals surface area contributed by atoms with Gasteiger partial charge in [0.15, 0.2) is 5.13 Å². The van der Waals surface area contributed by atoms with Gasteiger partial charge in [-0.3, -0.25) is 0 Å². The van der Waals surface area contributed by atoms with Crippen molar-refractivity contribution in [1.29, 1.82) is 0 Å². The molecule has 0 bridgehead atoms. The fourth-order valence-electron chi connectivity index (χ4n) is 5.31. The van der Waals surface area contributed by atoms with Crippen LogP contribution in [0.15, 0.2) is 65.2 Å². The van der Waals surface area contributed by atoms with E-state index in [0.717, 1.165) is 33.8 Å². The average Bonchev–Trinajstić information content (AvgIpc) is 3.57. The van der Waals surface area contributed by atoms with E-state index < -0.39 is 12.3 Å². The van der Waals surface area contributed by atoms with Crippen molar-refractivity contribution in [1.82, 2.24) is 10.1 Å². The van der Waals surface area contributed by atoms with E-state index in [-0.39, 0.29) is 41.0 Å². The fourth-order valence-corrected chi connectivity index (χ4v) is 6.66. The zero-order chi connectivity index (χ0) is 30.6. The third-order valence-corrected chi connectivity index (χ3v) is 9.11. The predicted octanol–water partition coefficient (Wildman–Crippen LogP) is 8.26. The average molecular weight is 642 g/mol. The Morgan fingerprint density at radius 2 is 1.89 bits per heavy atom. The van der Waals surface area contributed by atoms with Crippen molar-refractivity contribution in [3.8, 4) is 22.8 Å². The van der Waals surface area contributed by atoms with Gasteiger partial charge in [-0.15, -0.1) is 13.2 Å². The van der Waals surface area contributed by atoms with Crippen LogP contribution in [0.25, 0.3) is 21.5 Å². The first-order valence-electron chi connectivity index (χ1n) is 13.8. The van der Waals surface area contributed by atoms with Crippen LogP contribution >= 0.6 is 22.9 Å². The molecule has 3 aromatic carbocycles. The van der Waals surface area contributed by atoms with Crippen LogP contribution in [0.4, 0.5) is 18.3 Å². The van der Waals surface area contributed by atoms with Gasteiger partial charge in [-0.05, 0) is 60.9 Å². The van der Waals surface area contributed by atoms with E-state index in [4.69, 9.17) is 20.9 Å². The highest BCUT2D eigenvalue weighted by Gasteiger charge is 2.36. The second-order valence-corrected chi connectivity index (χ2v) is 12.2. The summed E-state index contributed by atoms with van der Waals surface area (Å²) in [6.07, 6.45) is -3.05. The molecule has 0 radical (unpaired) electrons. The summed E-state index contributed by atoms with van der Waals surface area (Å²) in [7, 11) is 0. The van der Waals surface area contributed by atoms with Gasteiger partial charge in [0.1, 0.15) is 29.6 Å². The number of thiazole rings is 1. The molecule has 13 heteroatoms. The molecular formula is C31H23ClF3N3O5S. The Bertz CT molecular complexity index is 1880. The first-order chi connectivity index (χ1) is 21.1. The molecule has 1 saturated carbocycles. The molecule has 0 spiro atoms. The number of alkyl halides is 3. The summed E-state index contributed by atoms with van der Waals surface area (Å²) in [5.74, 6) is 0.0908. The molecule has 2 aromatic heterocycles. The van der Waals surface area contributed by atoms with Crippen LogP contribution in [0.5, 0.6) is 11.5 Å². The van der Waals surface area contributed by atoms with Crippen molar-refractivity contribution in [2.24, 2.45) is 0 Å². The molecule has 0 unspecified atom stereocenters. The molecule has 0 amide bonds. The van der Waals surface area contributed by atoms with Gasteiger partial charge in [0.05, 0.1) is 21.3 Å². The second kappa shape index (κ2) is 11.0. The topological polar surface area (TPSA) is 97.9 Å². The Labute approximate surface area is 257 Å². The Morgan fingerprint density at radius 3 is 2.61 bits per heavy atom. The van der Waals surface area contributed by atoms with Crippen molar-refractivity contribution < 1.29 is 37.1 Å². The molecule has 44 heavy (non-hydrogen) atoms. The standard InChI is InChI=1S/C31H23ClF3N3O5S/c32-23-12-19(8-9-20(23)18-13-38(14-18)30-36-24-10-7-17(29(39)40)11-26(24)44-30)41-15-22-27(37-43-28(22)16-5-6-16)21-3-1-2-4-25(21)42-31(33,34)35/h1-4,7-12,16,18H,5-6,13-15H2,(H,39,40). The van der Waals surface area contributed by atoms with Crippen LogP contribution in [-0.2, 0) is 6.61 Å². The maximum absolute atomic E-state index is 13.1. The Hall–Kier alpha value is -4.29. The Balaban J connectivity index is 1.05. The van der Waals surface area contributed by atoms with Crippen molar-refractivity contribution in [2.45, 2.75) is 37.6 Å². The molecule has 226 valence electrons. The maximum atomic E-state index is 13.1. The number of halogens is 4. The van der Waals surface area contributed by atoms with Gasteiger partial charge >= 0.3 is 12.3 Å². The fraction of sp³-hybridized carbons (Fsp3) is 0.258. The summed E-state index contributed by atoms with van der Waals surface area (Å²) < 4.78 is 56.0. The second-order valence-electron chi connectivity index (χ2n) is 10.8. The molecule has 7 rings (SSSR count). The summed E-state index contributed by atoms with van der Waals surface area (Å²) >= 11 is 8.14. The van der Waals surface area contributed by atoms with E-state index in [9.17, 15) is 23.1 Å². The Kier molecular flexibility index (Phi) is 7.13. The number of carbonyl (C=O) groups is 1. The number of aromatic nitrogens is 2. The largest absolute Gasteiger partial charge is 0.573 e. The van der Waals surface area contributed by atoms with Gasteiger partial charge < -0.3 is 24.0 Å². The van der Waals surface area contributed by atoms with Crippen LogP contribution in [0.2, 0.25) is 5.02 Å². The third kappa shape index (κ3) is 5.67. The smallest absolute Gasteiger partial charge is 0.489 e. The van der Waals surface area contributed by atoms with Gasteiger partial charge in [0.2, 0.25) is 0 Å². The van der Waals surface area contributed by atoms with E-state index in [1.165, 1.54) is 29.5 Å². The van der Waals surface area contributed by atoms with Gasteiger partial charge in [-0.25, -0.2) is 9.78 Å². The van der Waals surface area contributed by atoms with Crippen molar-refractivity contribution >= 4 is 44.3 Å². The SMILES string of the molecule is O=C(O)c1ccc2nc(N3CC(c4ccc(OCc5c(-c6ccccc6OC(F)(F)F)noc5C5CC5)cc4Cl)C3)sc2c1. The number of benzene rings is 3. The number of aromatic carboxylic acids is 1. The normalized spacial score (nSPS) is 15.4. The lowest BCUT2D eigenvalue weighted by molar-refractivity contribution is -0.274. The highest BCUT2D eigenvalue weighted by atomic mass is 35.5. The summed E-state index contributed by atoms with van der Waals surface area (Å²) in [4.78, 5) is 18.1. The minimum absolute atomic E-state index is 0.0269. The minimum atomic E-state index is -4.85. The minimum Gasteiger partial charge on any atom is -0.489 e. The maximum Gasteiger partial charge on any atom is 0.573 e. The number of nitrogens with zero attached hydrogens (tertiary/aromatic N) is 3. The first-order valence-corrected chi connectivity index (χ1v) is 15.0. The lowest BCUT2D eigenvalue weighted by atomic mass is 9.92. The number of anilines is 1. The molecule has 1 aliphatic carbocycles. The van der Waals surface area contributed by atoms with Crippen LogP contribution in [0.3, 0.4) is 0 Å². The molecule has 2 fully saturated rings. The number of ether oxygens (including phenoxy) is 2. The van der Waals surface area contributed by atoms with Gasteiger partial charge in [0.25, 0.3) is 0 Å².